The smallest absolute Gasteiger partial charge is 0.119 e. The number of methoxy groups -OCH3 is 1. The van der Waals surface area contributed by atoms with Gasteiger partial charge in [0.1, 0.15) is 5.75 Å². The molecule has 2 rings (SSSR count). The standard InChI is InChI=1S/C18H24N2OS/c1-18(2,3)22-20-16-7-5-14(6-8-16)13-19-15-9-11-17(21-4)12-10-15/h5-12,19-20H,13H2,1-4H3. The molecule has 0 unspecified atom stereocenters. The SMILES string of the molecule is COc1ccc(NCc2ccc(NSC(C)(C)C)cc2)cc1. The van der Waals surface area contributed by atoms with E-state index in [-0.39, 0.29) is 4.75 Å². The van der Waals surface area contributed by atoms with E-state index in [9.17, 15) is 0 Å². The van der Waals surface area contributed by atoms with Crippen LogP contribution in [0.5, 0.6) is 5.75 Å². The fourth-order valence-corrected chi connectivity index (χ4v) is 2.38. The monoisotopic (exact) mass is 316 g/mol. The third kappa shape index (κ3) is 5.53. The Morgan fingerprint density at radius 2 is 1.50 bits per heavy atom. The number of hydrogen-bond acceptors (Lipinski definition) is 4. The molecule has 0 radical (unpaired) electrons. The van der Waals surface area contributed by atoms with Crippen molar-refractivity contribution in [3.8, 4) is 5.75 Å². The summed E-state index contributed by atoms with van der Waals surface area (Å²) in [6, 6.07) is 16.5. The van der Waals surface area contributed by atoms with Gasteiger partial charge < -0.3 is 14.8 Å². The molecule has 0 aliphatic heterocycles. The van der Waals surface area contributed by atoms with Crippen molar-refractivity contribution in [1.29, 1.82) is 0 Å². The van der Waals surface area contributed by atoms with E-state index in [2.05, 4.69) is 55.1 Å². The van der Waals surface area contributed by atoms with Crippen LogP contribution in [0.15, 0.2) is 48.5 Å². The number of ether oxygens (including phenoxy) is 1. The highest BCUT2D eigenvalue weighted by atomic mass is 32.2. The van der Waals surface area contributed by atoms with Crippen molar-refractivity contribution < 1.29 is 4.74 Å². The summed E-state index contributed by atoms with van der Waals surface area (Å²) in [7, 11) is 1.68. The normalized spacial score (nSPS) is 11.1. The van der Waals surface area contributed by atoms with Crippen LogP contribution in [0.4, 0.5) is 11.4 Å². The molecule has 118 valence electrons. The minimum absolute atomic E-state index is 0.203. The molecule has 3 nitrogen and oxygen atoms in total. The van der Waals surface area contributed by atoms with Gasteiger partial charge in [-0.1, -0.05) is 12.1 Å². The van der Waals surface area contributed by atoms with E-state index in [1.807, 2.05) is 24.3 Å². The van der Waals surface area contributed by atoms with Crippen LogP contribution in [0.1, 0.15) is 26.3 Å². The molecule has 0 saturated heterocycles. The largest absolute Gasteiger partial charge is 0.497 e. The molecule has 0 saturated carbocycles. The molecule has 2 aromatic carbocycles. The third-order valence-corrected chi connectivity index (χ3v) is 3.97. The Bertz CT molecular complexity index is 574. The first-order chi connectivity index (χ1) is 10.5. The Morgan fingerprint density at radius 1 is 0.909 bits per heavy atom. The van der Waals surface area contributed by atoms with Crippen molar-refractivity contribution in [2.75, 3.05) is 17.1 Å². The summed E-state index contributed by atoms with van der Waals surface area (Å²) in [6.07, 6.45) is 0. The maximum absolute atomic E-state index is 5.16. The van der Waals surface area contributed by atoms with Gasteiger partial charge in [0.15, 0.2) is 0 Å². The van der Waals surface area contributed by atoms with E-state index in [1.165, 1.54) is 5.56 Å². The molecule has 0 aliphatic carbocycles. The van der Waals surface area contributed by atoms with E-state index in [4.69, 9.17) is 4.74 Å². The second-order valence-electron chi connectivity index (χ2n) is 6.10. The number of nitrogens with one attached hydrogen (secondary N) is 2. The van der Waals surface area contributed by atoms with Gasteiger partial charge in [0.2, 0.25) is 0 Å². The fraction of sp³-hybridized carbons (Fsp3) is 0.333. The quantitative estimate of drug-likeness (QED) is 0.721. The second kappa shape index (κ2) is 7.45. The third-order valence-electron chi connectivity index (χ3n) is 3.02. The zero-order valence-electron chi connectivity index (χ0n) is 13.6. The molecule has 0 aliphatic rings. The first-order valence-electron chi connectivity index (χ1n) is 7.37. The van der Waals surface area contributed by atoms with Gasteiger partial charge >= 0.3 is 0 Å². The van der Waals surface area contributed by atoms with Crippen LogP contribution in [0.25, 0.3) is 0 Å². The minimum atomic E-state index is 0.203. The Kier molecular flexibility index (Phi) is 5.61. The molecule has 0 bridgehead atoms. The predicted molar refractivity (Wildman–Crippen MR) is 97.7 cm³/mol. The van der Waals surface area contributed by atoms with E-state index in [1.54, 1.807) is 19.1 Å². The van der Waals surface area contributed by atoms with Gasteiger partial charge in [0.25, 0.3) is 0 Å². The number of rotatable bonds is 6. The van der Waals surface area contributed by atoms with Gasteiger partial charge in [0.05, 0.1) is 7.11 Å². The molecule has 0 heterocycles. The predicted octanol–water partition coefficient (Wildman–Crippen LogP) is 5.17. The number of benzene rings is 2. The van der Waals surface area contributed by atoms with Crippen molar-refractivity contribution in [3.05, 3.63) is 54.1 Å². The molecule has 0 aromatic heterocycles. The highest BCUT2D eigenvalue weighted by Crippen LogP contribution is 2.25. The first-order valence-corrected chi connectivity index (χ1v) is 8.19. The second-order valence-corrected chi connectivity index (χ2v) is 7.73. The lowest BCUT2D eigenvalue weighted by molar-refractivity contribution is 0.415. The van der Waals surface area contributed by atoms with Crippen LogP contribution in [0.2, 0.25) is 0 Å². The molecule has 0 spiro atoms. The molecule has 0 atom stereocenters. The molecule has 2 aromatic rings. The van der Waals surface area contributed by atoms with Crippen LogP contribution in [0, 0.1) is 0 Å². The Balaban J connectivity index is 1.85. The van der Waals surface area contributed by atoms with Crippen molar-refractivity contribution in [2.24, 2.45) is 0 Å². The fourth-order valence-electron chi connectivity index (χ4n) is 1.82. The van der Waals surface area contributed by atoms with E-state index in [0.29, 0.717) is 0 Å². The molecule has 2 N–H and O–H groups in total. The van der Waals surface area contributed by atoms with E-state index in [0.717, 1.165) is 23.7 Å². The van der Waals surface area contributed by atoms with Crippen LogP contribution >= 0.6 is 11.9 Å². The van der Waals surface area contributed by atoms with Gasteiger partial charge in [-0.2, -0.15) is 0 Å². The number of hydrogen-bond donors (Lipinski definition) is 2. The maximum atomic E-state index is 5.16. The van der Waals surface area contributed by atoms with Crippen molar-refractivity contribution in [3.63, 3.8) is 0 Å². The Morgan fingerprint density at radius 3 is 2.05 bits per heavy atom. The van der Waals surface area contributed by atoms with Crippen LogP contribution in [-0.4, -0.2) is 11.9 Å². The first kappa shape index (κ1) is 16.6. The zero-order chi connectivity index (χ0) is 16.0. The molecular weight excluding hydrogens is 292 g/mol. The van der Waals surface area contributed by atoms with Gasteiger partial charge in [-0.25, -0.2) is 0 Å². The molecule has 0 fully saturated rings. The van der Waals surface area contributed by atoms with Crippen molar-refractivity contribution in [2.45, 2.75) is 32.1 Å². The van der Waals surface area contributed by atoms with Crippen molar-refractivity contribution in [1.82, 2.24) is 0 Å². The topological polar surface area (TPSA) is 33.3 Å². The molecule has 22 heavy (non-hydrogen) atoms. The van der Waals surface area contributed by atoms with Crippen LogP contribution in [-0.2, 0) is 6.54 Å². The van der Waals surface area contributed by atoms with Gasteiger partial charge in [0, 0.05) is 22.7 Å². The minimum Gasteiger partial charge on any atom is -0.497 e. The summed E-state index contributed by atoms with van der Waals surface area (Å²) in [5.41, 5.74) is 3.47. The summed E-state index contributed by atoms with van der Waals surface area (Å²) in [4.78, 5) is 0. The average molecular weight is 316 g/mol. The van der Waals surface area contributed by atoms with Gasteiger partial charge in [-0.3, -0.25) is 0 Å². The summed E-state index contributed by atoms with van der Waals surface area (Å²) in [5.74, 6) is 0.873. The average Bonchev–Trinajstić information content (AvgIpc) is 2.52. The highest BCUT2D eigenvalue weighted by Gasteiger charge is 2.10. The lowest BCUT2D eigenvalue weighted by atomic mass is 10.2. The summed E-state index contributed by atoms with van der Waals surface area (Å²) >= 11 is 1.73. The number of anilines is 2. The van der Waals surface area contributed by atoms with Gasteiger partial charge in [-0.15, -0.1) is 0 Å². The molecule has 4 heteroatoms. The van der Waals surface area contributed by atoms with E-state index < -0.39 is 0 Å². The zero-order valence-corrected chi connectivity index (χ0v) is 14.5. The summed E-state index contributed by atoms with van der Waals surface area (Å²) < 4.78 is 8.74. The highest BCUT2D eigenvalue weighted by molar-refractivity contribution is 8.01. The summed E-state index contributed by atoms with van der Waals surface area (Å²) in [5, 5.41) is 3.41. The lowest BCUT2D eigenvalue weighted by Crippen LogP contribution is -2.10. The lowest BCUT2D eigenvalue weighted by Gasteiger charge is -2.18. The van der Waals surface area contributed by atoms with Crippen molar-refractivity contribution >= 4 is 23.3 Å². The maximum Gasteiger partial charge on any atom is 0.119 e. The Hall–Kier alpha value is -1.81. The Labute approximate surface area is 137 Å². The molecule has 0 amide bonds. The van der Waals surface area contributed by atoms with E-state index >= 15 is 0 Å². The summed E-state index contributed by atoms with van der Waals surface area (Å²) in [6.45, 7) is 7.38. The van der Waals surface area contributed by atoms with Crippen LogP contribution < -0.4 is 14.8 Å². The van der Waals surface area contributed by atoms with Crippen LogP contribution in [0.3, 0.4) is 0 Å². The van der Waals surface area contributed by atoms with Gasteiger partial charge in [-0.05, 0) is 74.7 Å². The molecular formula is C18H24N2OS.